The molecule has 2 aromatic carbocycles. The van der Waals surface area contributed by atoms with Gasteiger partial charge in [0.2, 0.25) is 5.91 Å². The van der Waals surface area contributed by atoms with E-state index in [1.807, 2.05) is 25.1 Å². The Labute approximate surface area is 202 Å². The van der Waals surface area contributed by atoms with Gasteiger partial charge in [0.25, 0.3) is 0 Å². The van der Waals surface area contributed by atoms with Gasteiger partial charge in [0.05, 0.1) is 25.9 Å². The molecule has 0 radical (unpaired) electrons. The number of rotatable bonds is 7. The van der Waals surface area contributed by atoms with Crippen molar-refractivity contribution in [1.82, 2.24) is 9.80 Å². The summed E-state index contributed by atoms with van der Waals surface area (Å²) in [7, 11) is 3.26. The van der Waals surface area contributed by atoms with Crippen LogP contribution in [0.1, 0.15) is 12.5 Å². The summed E-state index contributed by atoms with van der Waals surface area (Å²) in [5, 5.41) is 17.5. The minimum Gasteiger partial charge on any atom is -0.493 e. The molecule has 11 heteroatoms. The predicted octanol–water partition coefficient (Wildman–Crippen LogP) is 2.14. The third-order valence-electron chi connectivity index (χ3n) is 5.50. The van der Waals surface area contributed by atoms with E-state index < -0.39 is 17.8 Å². The molecule has 0 aromatic heterocycles. The van der Waals surface area contributed by atoms with Gasteiger partial charge in [-0.3, -0.25) is 14.6 Å². The van der Waals surface area contributed by atoms with Crippen LogP contribution in [0, 0.1) is 5.82 Å². The fourth-order valence-corrected chi connectivity index (χ4v) is 3.51. The molecular weight excluding hydrogens is 461 g/mol. The summed E-state index contributed by atoms with van der Waals surface area (Å²) in [6.07, 6.45) is 0. The van der Waals surface area contributed by atoms with E-state index >= 15 is 0 Å². The van der Waals surface area contributed by atoms with Gasteiger partial charge in [0.1, 0.15) is 5.82 Å². The number of carbonyl (C=O) groups excluding carboxylic acids is 1. The van der Waals surface area contributed by atoms with Crippen LogP contribution in [0.5, 0.6) is 11.5 Å². The van der Waals surface area contributed by atoms with Gasteiger partial charge in [0.15, 0.2) is 11.5 Å². The highest BCUT2D eigenvalue weighted by atomic mass is 19.1. The van der Waals surface area contributed by atoms with Crippen molar-refractivity contribution < 1.29 is 38.5 Å². The number of anilines is 1. The minimum atomic E-state index is -1.82. The average molecular weight is 492 g/mol. The average Bonchev–Trinajstić information content (AvgIpc) is 2.85. The zero-order valence-electron chi connectivity index (χ0n) is 19.9. The predicted molar refractivity (Wildman–Crippen MR) is 126 cm³/mol. The first-order valence-corrected chi connectivity index (χ1v) is 10.8. The molecule has 0 bridgehead atoms. The van der Waals surface area contributed by atoms with Gasteiger partial charge in [0, 0.05) is 32.7 Å². The van der Waals surface area contributed by atoms with Gasteiger partial charge < -0.3 is 25.0 Å². The standard InChI is InChI=1S/C22H28FN3O3.C2H2O4/c1-16(22(27)24-19-7-5-4-6-18(19)23)26-12-10-25(11-13-26)15-17-8-9-20(28-2)21(14-17)29-3;3-1(4)2(5)6/h4-9,14,16H,10-13,15H2,1-3H3,(H,24,27);(H,3,4)(H,5,6). The molecule has 0 saturated carbocycles. The topological polar surface area (TPSA) is 129 Å². The highest BCUT2D eigenvalue weighted by Gasteiger charge is 2.26. The largest absolute Gasteiger partial charge is 0.493 e. The Balaban J connectivity index is 0.000000641. The quantitative estimate of drug-likeness (QED) is 0.499. The van der Waals surface area contributed by atoms with Gasteiger partial charge in [-0.1, -0.05) is 18.2 Å². The Morgan fingerprint density at radius 1 is 0.971 bits per heavy atom. The maximum atomic E-state index is 13.8. The highest BCUT2D eigenvalue weighted by Crippen LogP contribution is 2.28. The number of ether oxygens (including phenoxy) is 2. The lowest BCUT2D eigenvalue weighted by Gasteiger charge is -2.37. The minimum absolute atomic E-state index is 0.191. The fraction of sp³-hybridized carbons (Fsp3) is 0.375. The zero-order valence-corrected chi connectivity index (χ0v) is 19.9. The number of nitrogens with one attached hydrogen (secondary N) is 1. The van der Waals surface area contributed by atoms with E-state index in [9.17, 15) is 9.18 Å². The van der Waals surface area contributed by atoms with Crippen molar-refractivity contribution in [2.24, 2.45) is 0 Å². The number of carboxylic acids is 2. The number of nitrogens with zero attached hydrogens (tertiary/aromatic N) is 2. The first-order valence-electron chi connectivity index (χ1n) is 10.8. The van der Waals surface area contributed by atoms with E-state index in [-0.39, 0.29) is 17.6 Å². The molecule has 1 atom stereocenters. The third-order valence-corrected chi connectivity index (χ3v) is 5.50. The lowest BCUT2D eigenvalue weighted by Crippen LogP contribution is -2.52. The van der Waals surface area contributed by atoms with Crippen LogP contribution in [0.2, 0.25) is 0 Å². The Morgan fingerprint density at radius 3 is 2.11 bits per heavy atom. The van der Waals surface area contributed by atoms with Crippen molar-refractivity contribution in [3.63, 3.8) is 0 Å². The number of halogens is 1. The van der Waals surface area contributed by atoms with Crippen LogP contribution in [0.4, 0.5) is 10.1 Å². The number of benzene rings is 2. The molecular formula is C24H30FN3O7. The van der Waals surface area contributed by atoms with Gasteiger partial charge >= 0.3 is 11.9 Å². The van der Waals surface area contributed by atoms with E-state index in [0.29, 0.717) is 0 Å². The van der Waals surface area contributed by atoms with E-state index in [1.165, 1.54) is 6.07 Å². The summed E-state index contributed by atoms with van der Waals surface area (Å²) >= 11 is 0. The molecule has 10 nitrogen and oxygen atoms in total. The number of piperazine rings is 1. The summed E-state index contributed by atoms with van der Waals surface area (Å²) in [6.45, 7) is 5.93. The number of methoxy groups -OCH3 is 2. The Kier molecular flexibility index (Phi) is 10.4. The van der Waals surface area contributed by atoms with Crippen molar-refractivity contribution in [3.05, 3.63) is 53.8 Å². The van der Waals surface area contributed by atoms with Gasteiger partial charge in [-0.2, -0.15) is 0 Å². The van der Waals surface area contributed by atoms with Crippen molar-refractivity contribution in [2.75, 3.05) is 45.7 Å². The number of carbonyl (C=O) groups is 3. The van der Waals surface area contributed by atoms with Gasteiger partial charge in [-0.25, -0.2) is 14.0 Å². The number of aliphatic carboxylic acids is 2. The maximum absolute atomic E-state index is 13.8. The van der Waals surface area contributed by atoms with Crippen LogP contribution >= 0.6 is 0 Å². The van der Waals surface area contributed by atoms with Crippen molar-refractivity contribution in [2.45, 2.75) is 19.5 Å². The van der Waals surface area contributed by atoms with Gasteiger partial charge in [-0.15, -0.1) is 0 Å². The fourth-order valence-electron chi connectivity index (χ4n) is 3.51. The Hall–Kier alpha value is -3.70. The number of carboxylic acid groups (broad SMARTS) is 2. The van der Waals surface area contributed by atoms with Crippen LogP contribution in [-0.4, -0.2) is 84.3 Å². The highest BCUT2D eigenvalue weighted by molar-refractivity contribution is 6.27. The first-order chi connectivity index (χ1) is 16.7. The smallest absolute Gasteiger partial charge is 0.414 e. The maximum Gasteiger partial charge on any atom is 0.414 e. The monoisotopic (exact) mass is 491 g/mol. The Morgan fingerprint density at radius 2 is 1.57 bits per heavy atom. The lowest BCUT2D eigenvalue weighted by atomic mass is 10.1. The molecule has 1 heterocycles. The van der Waals surface area contributed by atoms with E-state index in [1.54, 1.807) is 32.4 Å². The second-order valence-corrected chi connectivity index (χ2v) is 7.76. The number of para-hydroxylation sites is 1. The molecule has 1 aliphatic heterocycles. The van der Waals surface area contributed by atoms with E-state index in [0.717, 1.165) is 49.8 Å². The van der Waals surface area contributed by atoms with Crippen molar-refractivity contribution in [1.29, 1.82) is 0 Å². The van der Waals surface area contributed by atoms with Crippen molar-refractivity contribution >= 4 is 23.5 Å². The van der Waals surface area contributed by atoms with E-state index in [2.05, 4.69) is 15.1 Å². The summed E-state index contributed by atoms with van der Waals surface area (Å²) in [6, 6.07) is 11.8. The summed E-state index contributed by atoms with van der Waals surface area (Å²) in [4.78, 5) is 35.2. The van der Waals surface area contributed by atoms with Crippen molar-refractivity contribution in [3.8, 4) is 11.5 Å². The van der Waals surface area contributed by atoms with Crippen LogP contribution in [-0.2, 0) is 20.9 Å². The van der Waals surface area contributed by atoms with Crippen LogP contribution in [0.25, 0.3) is 0 Å². The SMILES string of the molecule is COc1ccc(CN2CCN(C(C)C(=O)Nc3ccccc3F)CC2)cc1OC.O=C(O)C(=O)O. The number of amides is 1. The second kappa shape index (κ2) is 13.3. The molecule has 3 rings (SSSR count). The number of hydrogen-bond acceptors (Lipinski definition) is 7. The number of hydrogen-bond donors (Lipinski definition) is 3. The van der Waals surface area contributed by atoms with Crippen LogP contribution in [0.3, 0.4) is 0 Å². The molecule has 0 spiro atoms. The lowest BCUT2D eigenvalue weighted by molar-refractivity contribution is -0.159. The van der Waals surface area contributed by atoms with Crippen LogP contribution < -0.4 is 14.8 Å². The second-order valence-electron chi connectivity index (χ2n) is 7.76. The molecule has 1 unspecified atom stereocenters. The Bertz CT molecular complexity index is 1010. The molecule has 3 N–H and O–H groups in total. The normalized spacial score (nSPS) is 14.7. The van der Waals surface area contributed by atoms with Crippen LogP contribution in [0.15, 0.2) is 42.5 Å². The van der Waals surface area contributed by atoms with Gasteiger partial charge in [-0.05, 0) is 36.8 Å². The summed E-state index contributed by atoms with van der Waals surface area (Å²) < 4.78 is 24.4. The molecule has 0 aliphatic carbocycles. The molecule has 190 valence electrons. The molecule has 2 aromatic rings. The summed E-state index contributed by atoms with van der Waals surface area (Å²) in [5.74, 6) is -2.82. The molecule has 1 aliphatic rings. The molecule has 1 amide bonds. The molecule has 35 heavy (non-hydrogen) atoms. The summed E-state index contributed by atoms with van der Waals surface area (Å²) in [5.41, 5.74) is 1.37. The zero-order chi connectivity index (χ0) is 26.0. The molecule has 1 fully saturated rings. The molecule has 1 saturated heterocycles. The van der Waals surface area contributed by atoms with E-state index in [4.69, 9.17) is 29.3 Å². The third kappa shape index (κ3) is 8.23. The first kappa shape index (κ1) is 27.5.